The number of benzene rings is 3. The Morgan fingerprint density at radius 3 is 2.26 bits per heavy atom. The number of carbonyl (C=O) groups is 1. The number of ether oxygens (including phenoxy) is 2. The number of hydrogen-bond acceptors (Lipinski definition) is 9. The Morgan fingerprint density at radius 1 is 0.957 bits per heavy atom. The van der Waals surface area contributed by atoms with E-state index in [9.17, 15) is 13.2 Å². The second-order valence-electron chi connectivity index (χ2n) is 12.6. The lowest BCUT2D eigenvalue weighted by molar-refractivity contribution is 0.262. The van der Waals surface area contributed by atoms with Gasteiger partial charge in [-0.1, -0.05) is 45.0 Å². The Bertz CT molecular complexity index is 1890. The van der Waals surface area contributed by atoms with Gasteiger partial charge in [0.25, 0.3) is 0 Å². The van der Waals surface area contributed by atoms with Crippen LogP contribution in [0.5, 0.6) is 17.4 Å². The van der Waals surface area contributed by atoms with Crippen LogP contribution >= 0.6 is 0 Å². The summed E-state index contributed by atoms with van der Waals surface area (Å²) in [5.74, 6) is 1.80. The molecule has 2 amide bonds. The van der Waals surface area contributed by atoms with Crippen molar-refractivity contribution in [1.82, 2.24) is 15.0 Å². The van der Waals surface area contributed by atoms with E-state index in [1.165, 1.54) is 7.11 Å². The molecule has 0 spiro atoms. The molecule has 0 aliphatic carbocycles. The highest BCUT2D eigenvalue weighted by molar-refractivity contribution is 7.92. The third kappa shape index (κ3) is 8.03. The molecular formula is C34H43N7O5S. The van der Waals surface area contributed by atoms with Crippen LogP contribution in [0, 0.1) is 6.92 Å². The van der Waals surface area contributed by atoms with Crippen LogP contribution in [0.4, 0.5) is 27.8 Å². The number of urea groups is 1. The first-order chi connectivity index (χ1) is 22.3. The number of hydrazine groups is 1. The standard InChI is InChI=1S/C34H43N7O5S/c1-8-41(40-17-11-12-18-40)32-35-22(2)19-30(38-32)46-29-16-15-26(24-13-9-10-14-25(24)29)36-33(42)37-27-20-23(34(3,4)5)21-28(31(27)45-6)39-47(7,43)44/h9-10,13-16,19-21,39H,8,11-12,17-18H2,1-7H3,(H2,36,37,42). The van der Waals surface area contributed by atoms with Crippen molar-refractivity contribution in [3.63, 3.8) is 0 Å². The van der Waals surface area contributed by atoms with Gasteiger partial charge >= 0.3 is 6.03 Å². The molecule has 1 aromatic heterocycles. The molecule has 0 unspecified atom stereocenters. The zero-order valence-electron chi connectivity index (χ0n) is 28.0. The van der Waals surface area contributed by atoms with Crippen molar-refractivity contribution in [3.8, 4) is 17.4 Å². The highest BCUT2D eigenvalue weighted by Gasteiger charge is 2.24. The molecule has 3 aromatic carbocycles. The van der Waals surface area contributed by atoms with Gasteiger partial charge in [-0.15, -0.1) is 0 Å². The summed E-state index contributed by atoms with van der Waals surface area (Å²) in [5.41, 5.74) is 2.36. The van der Waals surface area contributed by atoms with Gasteiger partial charge in [-0.25, -0.2) is 23.2 Å². The quantitative estimate of drug-likeness (QED) is 0.166. The fourth-order valence-corrected chi connectivity index (χ4v) is 6.16. The molecule has 250 valence electrons. The molecule has 1 saturated heterocycles. The molecule has 5 rings (SSSR count). The van der Waals surface area contributed by atoms with Crippen LogP contribution in [0.15, 0.2) is 54.6 Å². The summed E-state index contributed by atoms with van der Waals surface area (Å²) in [7, 11) is -2.19. The molecular weight excluding hydrogens is 618 g/mol. The summed E-state index contributed by atoms with van der Waals surface area (Å²) in [6.07, 6.45) is 3.36. The van der Waals surface area contributed by atoms with Crippen LogP contribution in [0.3, 0.4) is 0 Å². The van der Waals surface area contributed by atoms with E-state index in [1.54, 1.807) is 24.3 Å². The highest BCUT2D eigenvalue weighted by atomic mass is 32.2. The van der Waals surface area contributed by atoms with Gasteiger partial charge in [0.05, 0.1) is 30.4 Å². The zero-order valence-corrected chi connectivity index (χ0v) is 28.8. The number of nitrogens with zero attached hydrogens (tertiary/aromatic N) is 4. The average Bonchev–Trinajstić information content (AvgIpc) is 3.52. The number of amides is 2. The molecule has 47 heavy (non-hydrogen) atoms. The predicted molar refractivity (Wildman–Crippen MR) is 187 cm³/mol. The van der Waals surface area contributed by atoms with Gasteiger partial charge in [0.2, 0.25) is 21.9 Å². The maximum absolute atomic E-state index is 13.4. The van der Waals surface area contributed by atoms with E-state index in [-0.39, 0.29) is 16.9 Å². The van der Waals surface area contributed by atoms with Crippen molar-refractivity contribution in [2.75, 3.05) is 53.4 Å². The summed E-state index contributed by atoms with van der Waals surface area (Å²) < 4.78 is 38.6. The fraction of sp³-hybridized carbons (Fsp3) is 0.382. The second-order valence-corrected chi connectivity index (χ2v) is 14.3. The summed E-state index contributed by atoms with van der Waals surface area (Å²) in [5, 5.41) is 11.7. The minimum Gasteiger partial charge on any atom is -0.492 e. The summed E-state index contributed by atoms with van der Waals surface area (Å²) in [6.45, 7) is 12.7. The topological polar surface area (TPSA) is 138 Å². The molecule has 13 heteroatoms. The van der Waals surface area contributed by atoms with Crippen LogP contribution in [-0.4, -0.2) is 62.4 Å². The molecule has 0 bridgehead atoms. The molecule has 0 radical (unpaired) electrons. The molecule has 0 atom stereocenters. The van der Waals surface area contributed by atoms with Gasteiger partial charge in [-0.2, -0.15) is 4.98 Å². The van der Waals surface area contributed by atoms with E-state index in [0.717, 1.165) is 60.8 Å². The van der Waals surface area contributed by atoms with Crippen molar-refractivity contribution in [3.05, 3.63) is 65.9 Å². The Kier molecular flexibility index (Phi) is 9.78. The molecule has 1 aliphatic rings. The van der Waals surface area contributed by atoms with Crippen molar-refractivity contribution in [2.24, 2.45) is 0 Å². The third-order valence-electron chi connectivity index (χ3n) is 7.82. The van der Waals surface area contributed by atoms with Crippen LogP contribution in [0.25, 0.3) is 10.8 Å². The molecule has 0 saturated carbocycles. The lowest BCUT2D eigenvalue weighted by Gasteiger charge is -2.30. The SMILES string of the molecule is CCN(c1nc(C)cc(Oc2ccc(NC(=O)Nc3cc(C(C)(C)C)cc(NS(C)(=O)=O)c3OC)c3ccccc23)n1)N1CCCC1. The summed E-state index contributed by atoms with van der Waals surface area (Å²) in [6, 6.07) is 15.9. The van der Waals surface area contributed by atoms with Crippen LogP contribution in [-0.2, 0) is 15.4 Å². The molecule has 4 aromatic rings. The van der Waals surface area contributed by atoms with Crippen LogP contribution < -0.4 is 29.8 Å². The number of rotatable bonds is 10. The minimum atomic E-state index is -3.61. The van der Waals surface area contributed by atoms with Crippen molar-refractivity contribution >= 4 is 49.8 Å². The van der Waals surface area contributed by atoms with E-state index in [1.807, 2.05) is 58.0 Å². The molecule has 12 nitrogen and oxygen atoms in total. The van der Waals surface area contributed by atoms with Crippen LogP contribution in [0.1, 0.15) is 51.8 Å². The zero-order chi connectivity index (χ0) is 33.9. The first-order valence-electron chi connectivity index (χ1n) is 15.6. The Morgan fingerprint density at radius 2 is 1.62 bits per heavy atom. The van der Waals surface area contributed by atoms with E-state index in [0.29, 0.717) is 29.0 Å². The summed E-state index contributed by atoms with van der Waals surface area (Å²) in [4.78, 5) is 22.9. The van der Waals surface area contributed by atoms with Crippen molar-refractivity contribution in [2.45, 2.75) is 52.9 Å². The first kappa shape index (κ1) is 33.7. The van der Waals surface area contributed by atoms with Gasteiger partial charge in [0.15, 0.2) is 5.75 Å². The number of aryl methyl sites for hydroxylation is 1. The second kappa shape index (κ2) is 13.6. The molecule has 3 N–H and O–H groups in total. The number of fused-ring (bicyclic) bond motifs is 1. The first-order valence-corrected chi connectivity index (χ1v) is 17.5. The number of nitrogens with one attached hydrogen (secondary N) is 3. The normalized spacial score (nSPS) is 13.8. The molecule has 1 fully saturated rings. The maximum Gasteiger partial charge on any atom is 0.323 e. The number of methoxy groups -OCH3 is 1. The Labute approximate surface area is 276 Å². The number of sulfonamides is 1. The summed E-state index contributed by atoms with van der Waals surface area (Å²) >= 11 is 0. The lowest BCUT2D eigenvalue weighted by atomic mass is 9.86. The smallest absolute Gasteiger partial charge is 0.323 e. The largest absolute Gasteiger partial charge is 0.492 e. The van der Waals surface area contributed by atoms with E-state index in [4.69, 9.17) is 14.5 Å². The highest BCUT2D eigenvalue weighted by Crippen LogP contribution is 2.40. The van der Waals surface area contributed by atoms with Gasteiger partial charge in [0, 0.05) is 42.2 Å². The number of anilines is 4. The fourth-order valence-electron chi connectivity index (χ4n) is 5.61. The van der Waals surface area contributed by atoms with E-state index < -0.39 is 16.1 Å². The molecule has 2 heterocycles. The monoisotopic (exact) mass is 661 g/mol. The Balaban J connectivity index is 1.43. The maximum atomic E-state index is 13.4. The number of hydrogen-bond donors (Lipinski definition) is 3. The van der Waals surface area contributed by atoms with Crippen LogP contribution in [0.2, 0.25) is 0 Å². The molecule has 1 aliphatic heterocycles. The van der Waals surface area contributed by atoms with E-state index in [2.05, 4.69) is 37.3 Å². The number of carbonyl (C=O) groups excluding carboxylic acids is 1. The Hall–Kier alpha value is -4.62. The van der Waals surface area contributed by atoms with Gasteiger partial charge < -0.3 is 20.1 Å². The predicted octanol–water partition coefficient (Wildman–Crippen LogP) is 6.89. The van der Waals surface area contributed by atoms with Crippen molar-refractivity contribution < 1.29 is 22.7 Å². The average molecular weight is 662 g/mol. The number of aromatic nitrogens is 2. The van der Waals surface area contributed by atoms with Crippen molar-refractivity contribution in [1.29, 1.82) is 0 Å². The van der Waals surface area contributed by atoms with Gasteiger partial charge in [-0.3, -0.25) is 9.73 Å². The van der Waals surface area contributed by atoms with E-state index >= 15 is 0 Å². The minimum absolute atomic E-state index is 0.193. The van der Waals surface area contributed by atoms with Gasteiger partial charge in [-0.05, 0) is 61.9 Å². The lowest BCUT2D eigenvalue weighted by Crippen LogP contribution is -2.41. The third-order valence-corrected chi connectivity index (χ3v) is 8.41. The van der Waals surface area contributed by atoms with Gasteiger partial charge in [0.1, 0.15) is 5.75 Å².